The van der Waals surface area contributed by atoms with Gasteiger partial charge in [-0.1, -0.05) is 17.8 Å². The molecule has 3 rings (SSSR count). The number of aryl methyl sites for hydroxylation is 1. The predicted molar refractivity (Wildman–Crippen MR) is 86.0 cm³/mol. The highest BCUT2D eigenvalue weighted by Crippen LogP contribution is 2.22. The zero-order valence-electron chi connectivity index (χ0n) is 11.8. The maximum Gasteiger partial charge on any atom is 0.271 e. The van der Waals surface area contributed by atoms with Gasteiger partial charge >= 0.3 is 0 Å². The lowest BCUT2D eigenvalue weighted by Gasteiger charge is -2.02. The number of rotatable bonds is 6. The number of aromatic nitrogens is 5. The molecule has 0 fully saturated rings. The summed E-state index contributed by atoms with van der Waals surface area (Å²) in [5.74, 6) is 0.540. The first-order valence-corrected chi connectivity index (χ1v) is 8.45. The minimum atomic E-state index is -0.183. The molecule has 114 valence electrons. The first-order chi connectivity index (χ1) is 10.7. The summed E-state index contributed by atoms with van der Waals surface area (Å²) in [5, 5.41) is 20.4. The maximum atomic E-state index is 12.0. The molecule has 0 aliphatic rings. The van der Waals surface area contributed by atoms with Crippen molar-refractivity contribution in [2.45, 2.75) is 5.16 Å². The van der Waals surface area contributed by atoms with E-state index in [9.17, 15) is 4.79 Å². The second kappa shape index (κ2) is 6.75. The van der Waals surface area contributed by atoms with Crippen LogP contribution in [0.4, 0.5) is 0 Å². The average Bonchev–Trinajstić information content (AvgIpc) is 3.24. The molecule has 0 saturated heterocycles. The number of nitrogens with zero attached hydrogens (tertiary/aromatic N) is 4. The van der Waals surface area contributed by atoms with Crippen molar-refractivity contribution in [3.05, 3.63) is 35.6 Å². The molecule has 0 spiro atoms. The monoisotopic (exact) mass is 334 g/mol. The number of carbonyl (C=O) groups is 1. The highest BCUT2D eigenvalue weighted by Gasteiger charge is 2.11. The van der Waals surface area contributed by atoms with Crippen LogP contribution in [0.5, 0.6) is 0 Å². The van der Waals surface area contributed by atoms with Crippen LogP contribution >= 0.6 is 23.1 Å². The SMILES string of the molecule is Cn1cnnc1SCCNC(=O)c1cc(-c2cccs2)[nH]n1. The lowest BCUT2D eigenvalue weighted by atomic mass is 10.3. The lowest BCUT2D eigenvalue weighted by molar-refractivity contribution is 0.0951. The zero-order valence-corrected chi connectivity index (χ0v) is 13.4. The summed E-state index contributed by atoms with van der Waals surface area (Å²) in [6.07, 6.45) is 1.65. The van der Waals surface area contributed by atoms with E-state index in [2.05, 4.69) is 25.7 Å². The predicted octanol–water partition coefficient (Wildman–Crippen LogP) is 1.79. The molecule has 3 aromatic heterocycles. The van der Waals surface area contributed by atoms with Crippen molar-refractivity contribution in [3.8, 4) is 10.6 Å². The van der Waals surface area contributed by atoms with E-state index in [-0.39, 0.29) is 5.91 Å². The maximum absolute atomic E-state index is 12.0. The third-order valence-corrected chi connectivity index (χ3v) is 4.82. The van der Waals surface area contributed by atoms with Crippen LogP contribution in [0.25, 0.3) is 10.6 Å². The van der Waals surface area contributed by atoms with Crippen molar-refractivity contribution < 1.29 is 4.79 Å². The van der Waals surface area contributed by atoms with Crippen molar-refractivity contribution >= 4 is 29.0 Å². The molecule has 0 aliphatic carbocycles. The van der Waals surface area contributed by atoms with Crippen LogP contribution in [0.3, 0.4) is 0 Å². The number of hydrogen-bond acceptors (Lipinski definition) is 6. The van der Waals surface area contributed by atoms with Crippen molar-refractivity contribution in [1.29, 1.82) is 0 Å². The molecule has 0 atom stereocenters. The molecule has 0 unspecified atom stereocenters. The van der Waals surface area contributed by atoms with E-state index in [1.807, 2.05) is 29.1 Å². The number of H-pyrrole nitrogens is 1. The Bertz CT molecular complexity index is 748. The molecule has 0 aliphatic heterocycles. The van der Waals surface area contributed by atoms with Gasteiger partial charge in [0.2, 0.25) is 0 Å². The second-order valence-corrected chi connectivity index (χ2v) is 6.48. The normalized spacial score (nSPS) is 10.8. The highest BCUT2D eigenvalue weighted by molar-refractivity contribution is 7.99. The first kappa shape index (κ1) is 14.8. The lowest BCUT2D eigenvalue weighted by Crippen LogP contribution is -2.26. The first-order valence-electron chi connectivity index (χ1n) is 6.58. The van der Waals surface area contributed by atoms with Crippen molar-refractivity contribution in [2.75, 3.05) is 12.3 Å². The standard InChI is InChI=1S/C13H14N6OS2/c1-19-8-15-18-13(19)22-6-4-14-12(20)10-7-9(16-17-10)11-3-2-5-21-11/h2-3,5,7-8H,4,6H2,1H3,(H,14,20)(H,16,17). The molecule has 0 saturated carbocycles. The Kier molecular flexibility index (Phi) is 4.54. The summed E-state index contributed by atoms with van der Waals surface area (Å²) in [7, 11) is 1.89. The Morgan fingerprint density at radius 2 is 2.45 bits per heavy atom. The van der Waals surface area contributed by atoms with E-state index in [1.165, 1.54) is 0 Å². The fraction of sp³-hybridized carbons (Fsp3) is 0.231. The van der Waals surface area contributed by atoms with Crippen LogP contribution in [0, 0.1) is 0 Å². The molecule has 1 amide bonds. The van der Waals surface area contributed by atoms with E-state index in [1.54, 1.807) is 35.5 Å². The quantitative estimate of drug-likeness (QED) is 0.530. The van der Waals surface area contributed by atoms with E-state index < -0.39 is 0 Å². The number of aromatic amines is 1. The van der Waals surface area contributed by atoms with Gasteiger partial charge in [0, 0.05) is 19.3 Å². The van der Waals surface area contributed by atoms with Gasteiger partial charge in [-0.15, -0.1) is 21.5 Å². The van der Waals surface area contributed by atoms with Crippen LogP contribution in [0.1, 0.15) is 10.5 Å². The van der Waals surface area contributed by atoms with Crippen LogP contribution in [0.15, 0.2) is 35.1 Å². The fourth-order valence-electron chi connectivity index (χ4n) is 1.80. The third kappa shape index (κ3) is 3.37. The van der Waals surface area contributed by atoms with E-state index in [0.29, 0.717) is 12.2 Å². The molecule has 2 N–H and O–H groups in total. The van der Waals surface area contributed by atoms with Crippen LogP contribution < -0.4 is 5.32 Å². The van der Waals surface area contributed by atoms with E-state index >= 15 is 0 Å². The van der Waals surface area contributed by atoms with Gasteiger partial charge in [0.1, 0.15) is 6.33 Å². The van der Waals surface area contributed by atoms with Crippen LogP contribution in [0.2, 0.25) is 0 Å². The Balaban J connectivity index is 1.49. The van der Waals surface area contributed by atoms with Gasteiger partial charge in [-0.05, 0) is 17.5 Å². The van der Waals surface area contributed by atoms with Crippen molar-refractivity contribution in [3.63, 3.8) is 0 Å². The molecule has 9 heteroatoms. The fourth-order valence-corrected chi connectivity index (χ4v) is 3.23. The van der Waals surface area contributed by atoms with E-state index in [0.717, 1.165) is 21.5 Å². The van der Waals surface area contributed by atoms with Gasteiger partial charge in [-0.25, -0.2) is 0 Å². The summed E-state index contributed by atoms with van der Waals surface area (Å²) in [5.41, 5.74) is 1.25. The Hall–Kier alpha value is -2.13. The summed E-state index contributed by atoms with van der Waals surface area (Å²) < 4.78 is 1.84. The average molecular weight is 334 g/mol. The molecule has 3 aromatic rings. The number of nitrogens with one attached hydrogen (secondary N) is 2. The summed E-state index contributed by atoms with van der Waals surface area (Å²) in [6.45, 7) is 0.539. The van der Waals surface area contributed by atoms with Crippen LogP contribution in [-0.2, 0) is 7.05 Å². The number of hydrogen-bond donors (Lipinski definition) is 2. The molecule has 3 heterocycles. The van der Waals surface area contributed by atoms with Gasteiger partial charge in [-0.2, -0.15) is 5.10 Å². The van der Waals surface area contributed by atoms with Gasteiger partial charge in [-0.3, -0.25) is 9.89 Å². The van der Waals surface area contributed by atoms with Crippen LogP contribution in [-0.4, -0.2) is 43.2 Å². The Labute approximate surface area is 135 Å². The number of thioether (sulfide) groups is 1. The molecule has 0 radical (unpaired) electrons. The second-order valence-electron chi connectivity index (χ2n) is 4.47. The zero-order chi connectivity index (χ0) is 15.4. The van der Waals surface area contributed by atoms with Crippen molar-refractivity contribution in [1.82, 2.24) is 30.3 Å². The Morgan fingerprint density at radius 1 is 1.55 bits per heavy atom. The molecule has 7 nitrogen and oxygen atoms in total. The van der Waals surface area contributed by atoms with Gasteiger partial charge in [0.25, 0.3) is 5.91 Å². The molecule has 22 heavy (non-hydrogen) atoms. The topological polar surface area (TPSA) is 88.5 Å². The Morgan fingerprint density at radius 3 is 3.18 bits per heavy atom. The molecular weight excluding hydrogens is 320 g/mol. The number of carbonyl (C=O) groups excluding carboxylic acids is 1. The summed E-state index contributed by atoms with van der Waals surface area (Å²) in [6, 6.07) is 5.71. The molecular formula is C13H14N6OS2. The van der Waals surface area contributed by atoms with Gasteiger partial charge in [0.15, 0.2) is 10.9 Å². The van der Waals surface area contributed by atoms with Crippen molar-refractivity contribution in [2.24, 2.45) is 7.05 Å². The summed E-state index contributed by atoms with van der Waals surface area (Å²) in [4.78, 5) is 13.1. The molecule has 0 bridgehead atoms. The highest BCUT2D eigenvalue weighted by atomic mass is 32.2. The number of thiophene rings is 1. The van der Waals surface area contributed by atoms with Gasteiger partial charge in [0.05, 0.1) is 10.6 Å². The third-order valence-electron chi connectivity index (χ3n) is 2.89. The molecule has 0 aromatic carbocycles. The minimum Gasteiger partial charge on any atom is -0.350 e. The smallest absolute Gasteiger partial charge is 0.271 e. The number of amides is 1. The van der Waals surface area contributed by atoms with E-state index in [4.69, 9.17) is 0 Å². The largest absolute Gasteiger partial charge is 0.350 e. The summed E-state index contributed by atoms with van der Waals surface area (Å²) >= 11 is 3.14. The minimum absolute atomic E-state index is 0.183. The van der Waals surface area contributed by atoms with Gasteiger partial charge < -0.3 is 9.88 Å².